The van der Waals surface area contributed by atoms with Crippen molar-refractivity contribution < 1.29 is 28.8 Å². The Balaban J connectivity index is 0.000000336. The number of nitrogens with zero attached hydrogens (tertiary/aromatic N) is 3. The minimum Gasteiger partial charge on any atom is -0.464 e. The van der Waals surface area contributed by atoms with Gasteiger partial charge in [-0.2, -0.15) is 5.26 Å². The van der Waals surface area contributed by atoms with Crippen LogP contribution in [0.2, 0.25) is 0 Å². The molecule has 0 spiro atoms. The second-order valence-electron chi connectivity index (χ2n) is 10.5. The fraction of sp³-hybridized carbons (Fsp3) is 0.536. The number of nitriles is 1. The van der Waals surface area contributed by atoms with Gasteiger partial charge in [-0.1, -0.05) is 24.3 Å². The Kier molecular flexibility index (Phi) is 11.6. The lowest BCUT2D eigenvalue weighted by Gasteiger charge is -2.38. The van der Waals surface area contributed by atoms with Gasteiger partial charge in [0, 0.05) is 43.1 Å². The van der Waals surface area contributed by atoms with Gasteiger partial charge in [0.25, 0.3) is 0 Å². The summed E-state index contributed by atoms with van der Waals surface area (Å²) in [6.07, 6.45) is 5.09. The Morgan fingerprint density at radius 1 is 1.27 bits per heavy atom. The summed E-state index contributed by atoms with van der Waals surface area (Å²) in [6.45, 7) is 12.8. The maximum atomic E-state index is 12.3. The van der Waals surface area contributed by atoms with E-state index in [2.05, 4.69) is 36.0 Å². The average molecular weight is 553 g/mol. The predicted molar refractivity (Wildman–Crippen MR) is 152 cm³/mol. The molecule has 0 saturated carbocycles. The van der Waals surface area contributed by atoms with Crippen LogP contribution in [0.3, 0.4) is 0 Å². The fourth-order valence-electron chi connectivity index (χ4n) is 4.90. The van der Waals surface area contributed by atoms with Gasteiger partial charge in [-0.15, -0.1) is 6.58 Å². The molecule has 3 amide bonds. The molecule has 0 bridgehead atoms. The van der Waals surface area contributed by atoms with E-state index in [0.29, 0.717) is 12.1 Å². The fourth-order valence-corrected chi connectivity index (χ4v) is 4.90. The van der Waals surface area contributed by atoms with Crippen molar-refractivity contribution in [1.82, 2.24) is 20.4 Å². The minimum absolute atomic E-state index is 0.129. The SMILES string of the molecule is C=CC(C)(C)N1CCOCC1.N#CCC(=O)N1CCCC1CNC(=O)NC(Cc1coc2ccccc12)B(O)O. The number of urea groups is 1. The van der Waals surface area contributed by atoms with E-state index in [-0.39, 0.29) is 36.9 Å². The van der Waals surface area contributed by atoms with Crippen molar-refractivity contribution in [3.63, 3.8) is 0 Å². The van der Waals surface area contributed by atoms with Crippen molar-refractivity contribution in [3.8, 4) is 6.07 Å². The minimum atomic E-state index is -1.76. The van der Waals surface area contributed by atoms with Gasteiger partial charge in [-0.25, -0.2) is 4.79 Å². The van der Waals surface area contributed by atoms with Crippen molar-refractivity contribution in [3.05, 3.63) is 48.7 Å². The monoisotopic (exact) mass is 553 g/mol. The Bertz CT molecular complexity index is 1170. The highest BCUT2D eigenvalue weighted by molar-refractivity contribution is 6.43. The van der Waals surface area contributed by atoms with Crippen molar-refractivity contribution in [2.24, 2.45) is 0 Å². The quantitative estimate of drug-likeness (QED) is 0.271. The van der Waals surface area contributed by atoms with Crippen molar-refractivity contribution in [2.75, 3.05) is 39.4 Å². The van der Waals surface area contributed by atoms with Crippen LogP contribution in [0, 0.1) is 11.3 Å². The van der Waals surface area contributed by atoms with Crippen LogP contribution in [0.4, 0.5) is 4.79 Å². The van der Waals surface area contributed by atoms with E-state index in [4.69, 9.17) is 14.4 Å². The number of fused-ring (bicyclic) bond motifs is 1. The summed E-state index contributed by atoms with van der Waals surface area (Å²) in [5.74, 6) is -1.18. The molecule has 1 aromatic heterocycles. The topological polar surface area (TPSA) is 151 Å². The van der Waals surface area contributed by atoms with E-state index in [1.54, 1.807) is 4.90 Å². The number of benzene rings is 1. The summed E-state index contributed by atoms with van der Waals surface area (Å²) >= 11 is 0. The molecule has 3 heterocycles. The molecule has 2 saturated heterocycles. The normalized spacial score (nSPS) is 18.3. The molecule has 0 radical (unpaired) electrons. The van der Waals surface area contributed by atoms with E-state index >= 15 is 0 Å². The molecule has 2 aliphatic heterocycles. The highest BCUT2D eigenvalue weighted by atomic mass is 16.5. The van der Waals surface area contributed by atoms with Gasteiger partial charge < -0.3 is 34.7 Å². The van der Waals surface area contributed by atoms with Crippen LogP contribution in [0.25, 0.3) is 11.0 Å². The molecule has 2 fully saturated rings. The van der Waals surface area contributed by atoms with Crippen LogP contribution in [0.1, 0.15) is 38.7 Å². The number of para-hydroxylation sites is 1. The molecule has 216 valence electrons. The van der Waals surface area contributed by atoms with E-state index in [9.17, 15) is 19.6 Å². The zero-order valence-corrected chi connectivity index (χ0v) is 23.3. The molecule has 1 aromatic carbocycles. The number of nitrogens with one attached hydrogen (secondary N) is 2. The first kappa shape index (κ1) is 31.2. The maximum Gasteiger partial charge on any atom is 0.475 e. The number of carbonyl (C=O) groups excluding carboxylic acids is 2. The molecule has 11 nitrogen and oxygen atoms in total. The van der Waals surface area contributed by atoms with Gasteiger partial charge in [0.1, 0.15) is 12.0 Å². The molecule has 4 N–H and O–H groups in total. The number of amides is 3. The van der Waals surface area contributed by atoms with Crippen molar-refractivity contribution in [1.29, 1.82) is 5.26 Å². The summed E-state index contributed by atoms with van der Waals surface area (Å²) in [6, 6.07) is 8.49. The molecule has 2 atom stereocenters. The van der Waals surface area contributed by atoms with Crippen LogP contribution in [-0.2, 0) is 16.0 Å². The second kappa shape index (κ2) is 14.9. The smallest absolute Gasteiger partial charge is 0.464 e. The number of carbonyl (C=O) groups is 2. The zero-order chi connectivity index (χ0) is 29.1. The molecule has 2 unspecified atom stereocenters. The highest BCUT2D eigenvalue weighted by Crippen LogP contribution is 2.22. The third kappa shape index (κ3) is 8.57. The Labute approximate surface area is 235 Å². The number of hydrogen-bond donors (Lipinski definition) is 4. The van der Waals surface area contributed by atoms with Crippen LogP contribution in [0.15, 0.2) is 47.6 Å². The molecule has 40 heavy (non-hydrogen) atoms. The van der Waals surface area contributed by atoms with Crippen molar-refractivity contribution >= 4 is 30.0 Å². The van der Waals surface area contributed by atoms with Crippen LogP contribution in [-0.4, -0.2) is 95.8 Å². The van der Waals surface area contributed by atoms with Gasteiger partial charge in [-0.3, -0.25) is 9.69 Å². The summed E-state index contributed by atoms with van der Waals surface area (Å²) in [7, 11) is -1.76. The number of morpholine rings is 1. The second-order valence-corrected chi connectivity index (χ2v) is 10.5. The molecule has 12 heteroatoms. The van der Waals surface area contributed by atoms with Gasteiger partial charge >= 0.3 is 13.1 Å². The number of ether oxygens (including phenoxy) is 1. The summed E-state index contributed by atoms with van der Waals surface area (Å²) < 4.78 is 10.7. The lowest BCUT2D eigenvalue weighted by Crippen LogP contribution is -2.53. The standard InChI is InChI=1S/C19H23BN4O5.C9H17NO/c21-8-7-18(25)24-9-3-4-14(24)11-22-19(26)23-17(20(27)28)10-13-12-29-16-6-2-1-5-15(13)16;1-4-9(2,3)10-5-7-11-8-6-10/h1-2,5-6,12,14,17,27-28H,3-4,7,9-11H2,(H2,22,23,26);4H,1,5-8H2,2-3H3. The first-order valence-electron chi connectivity index (χ1n) is 13.6. The lowest BCUT2D eigenvalue weighted by molar-refractivity contribution is -0.130. The van der Waals surface area contributed by atoms with Crippen LogP contribution in [0.5, 0.6) is 0 Å². The molecule has 2 aromatic rings. The zero-order valence-electron chi connectivity index (χ0n) is 23.3. The Morgan fingerprint density at radius 2 is 2.00 bits per heavy atom. The third-order valence-corrected chi connectivity index (χ3v) is 7.43. The highest BCUT2D eigenvalue weighted by Gasteiger charge is 2.30. The largest absolute Gasteiger partial charge is 0.475 e. The molecule has 4 rings (SSSR count). The number of hydrogen-bond acceptors (Lipinski definition) is 8. The van der Waals surface area contributed by atoms with Gasteiger partial charge in [-0.05, 0) is 44.7 Å². The summed E-state index contributed by atoms with van der Waals surface area (Å²) in [4.78, 5) is 28.2. The van der Waals surface area contributed by atoms with E-state index in [0.717, 1.165) is 50.1 Å². The average Bonchev–Trinajstić information content (AvgIpc) is 3.60. The van der Waals surface area contributed by atoms with E-state index in [1.165, 1.54) is 6.26 Å². The molecular formula is C28H40BN5O6. The first-order valence-corrected chi connectivity index (χ1v) is 13.6. The first-order chi connectivity index (χ1) is 19.2. The van der Waals surface area contributed by atoms with E-state index < -0.39 is 19.1 Å². The third-order valence-electron chi connectivity index (χ3n) is 7.43. The lowest BCUT2D eigenvalue weighted by atomic mass is 9.76. The number of likely N-dealkylation sites (tertiary alicyclic amines) is 1. The van der Waals surface area contributed by atoms with Crippen molar-refractivity contribution in [2.45, 2.75) is 57.1 Å². The van der Waals surface area contributed by atoms with Crippen LogP contribution >= 0.6 is 0 Å². The maximum absolute atomic E-state index is 12.3. The Hall–Kier alpha value is -3.37. The van der Waals surface area contributed by atoms with E-state index in [1.807, 2.05) is 36.4 Å². The summed E-state index contributed by atoms with van der Waals surface area (Å²) in [5, 5.41) is 34.2. The van der Waals surface area contributed by atoms with Gasteiger partial charge in [0.2, 0.25) is 5.91 Å². The van der Waals surface area contributed by atoms with Gasteiger partial charge in [0.05, 0.1) is 31.5 Å². The predicted octanol–water partition coefficient (Wildman–Crippen LogP) is 1.84. The number of furan rings is 1. The molecule has 2 aliphatic rings. The van der Waals surface area contributed by atoms with Gasteiger partial charge in [0.15, 0.2) is 0 Å². The summed E-state index contributed by atoms with van der Waals surface area (Å²) in [5.41, 5.74) is 1.56. The Morgan fingerprint density at radius 3 is 2.67 bits per heavy atom. The van der Waals surface area contributed by atoms with Crippen LogP contribution < -0.4 is 10.6 Å². The molecule has 0 aliphatic carbocycles. The molecular weight excluding hydrogens is 513 g/mol. The number of rotatable bonds is 9.